The first kappa shape index (κ1) is 16.6. The molecule has 0 radical (unpaired) electrons. The third-order valence-corrected chi connectivity index (χ3v) is 5.10. The second kappa shape index (κ2) is 6.71. The van der Waals surface area contributed by atoms with Crippen LogP contribution in [0.15, 0.2) is 30.3 Å². The molecule has 1 aliphatic rings. The highest BCUT2D eigenvalue weighted by Crippen LogP contribution is 2.32. The second-order valence-corrected chi connectivity index (χ2v) is 6.78. The summed E-state index contributed by atoms with van der Waals surface area (Å²) in [5, 5.41) is 3.08. The van der Waals surface area contributed by atoms with E-state index in [2.05, 4.69) is 55.8 Å². The number of nitrogens with one attached hydrogen (secondary N) is 1. The minimum atomic E-state index is 0.00167. The van der Waals surface area contributed by atoms with E-state index in [4.69, 9.17) is 0 Å². The van der Waals surface area contributed by atoms with Crippen LogP contribution in [0.4, 0.5) is 10.5 Å². The van der Waals surface area contributed by atoms with Crippen molar-refractivity contribution >= 4 is 11.7 Å². The lowest BCUT2D eigenvalue weighted by Crippen LogP contribution is -2.44. The lowest BCUT2D eigenvalue weighted by Gasteiger charge is -2.37. The van der Waals surface area contributed by atoms with Crippen LogP contribution in [0, 0.1) is 20.8 Å². The Labute approximate surface area is 144 Å². The van der Waals surface area contributed by atoms with Crippen LogP contribution in [-0.2, 0) is 6.54 Å². The van der Waals surface area contributed by atoms with Gasteiger partial charge in [-0.3, -0.25) is 0 Å². The van der Waals surface area contributed by atoms with Crippen LogP contribution < -0.4 is 5.32 Å². The maximum absolute atomic E-state index is 12.9. The zero-order valence-electron chi connectivity index (χ0n) is 15.1. The van der Waals surface area contributed by atoms with Crippen molar-refractivity contribution in [3.8, 4) is 0 Å². The molecule has 1 aromatic carbocycles. The fraction of sp³-hybridized carbons (Fsp3) is 0.450. The molecule has 0 fully saturated rings. The van der Waals surface area contributed by atoms with Gasteiger partial charge < -0.3 is 14.8 Å². The van der Waals surface area contributed by atoms with Gasteiger partial charge in [0.25, 0.3) is 0 Å². The molecule has 1 aromatic heterocycles. The van der Waals surface area contributed by atoms with E-state index in [1.54, 1.807) is 0 Å². The number of carbonyl (C=O) groups excluding carboxylic acids is 1. The molecule has 0 spiro atoms. The van der Waals surface area contributed by atoms with E-state index in [0.717, 1.165) is 31.6 Å². The smallest absolute Gasteiger partial charge is 0.322 e. The van der Waals surface area contributed by atoms with Crippen LogP contribution in [0.1, 0.15) is 48.3 Å². The summed E-state index contributed by atoms with van der Waals surface area (Å²) in [4.78, 5) is 14.9. The van der Waals surface area contributed by atoms with Gasteiger partial charge in [0.1, 0.15) is 0 Å². The summed E-state index contributed by atoms with van der Waals surface area (Å²) in [6.07, 6.45) is 2.05. The zero-order valence-corrected chi connectivity index (χ0v) is 15.1. The van der Waals surface area contributed by atoms with Crippen LogP contribution in [0.25, 0.3) is 0 Å². The molecule has 2 heterocycles. The molecule has 1 aliphatic heterocycles. The Morgan fingerprint density at radius 2 is 1.92 bits per heavy atom. The average Bonchev–Trinajstić information content (AvgIpc) is 2.93. The van der Waals surface area contributed by atoms with E-state index < -0.39 is 0 Å². The summed E-state index contributed by atoms with van der Waals surface area (Å²) in [6, 6.07) is 10.6. The molecule has 4 heteroatoms. The molecule has 3 rings (SSSR count). The van der Waals surface area contributed by atoms with Gasteiger partial charge in [0, 0.05) is 30.2 Å². The largest absolute Gasteiger partial charge is 0.345 e. The number of amides is 2. The van der Waals surface area contributed by atoms with E-state index in [-0.39, 0.29) is 12.1 Å². The lowest BCUT2D eigenvalue weighted by atomic mass is 10.0. The summed E-state index contributed by atoms with van der Waals surface area (Å²) in [7, 11) is 0. The highest BCUT2D eigenvalue weighted by atomic mass is 16.2. The van der Waals surface area contributed by atoms with Gasteiger partial charge in [0.2, 0.25) is 0 Å². The van der Waals surface area contributed by atoms with Crippen molar-refractivity contribution in [1.82, 2.24) is 9.47 Å². The normalized spacial score (nSPS) is 16.8. The molecule has 0 saturated heterocycles. The molecule has 0 aliphatic carbocycles. The Bertz CT molecular complexity index is 747. The second-order valence-electron chi connectivity index (χ2n) is 6.78. The molecular weight excluding hydrogens is 298 g/mol. The first-order chi connectivity index (χ1) is 11.5. The minimum Gasteiger partial charge on any atom is -0.345 e. The van der Waals surface area contributed by atoms with Crippen LogP contribution in [0.3, 0.4) is 0 Å². The summed E-state index contributed by atoms with van der Waals surface area (Å²) in [6.45, 7) is 10.1. The molecule has 128 valence electrons. The van der Waals surface area contributed by atoms with Gasteiger partial charge in [-0.15, -0.1) is 0 Å². The first-order valence-electron chi connectivity index (χ1n) is 8.82. The Morgan fingerprint density at radius 3 is 2.62 bits per heavy atom. The number of fused-ring (bicyclic) bond motifs is 1. The van der Waals surface area contributed by atoms with Crippen molar-refractivity contribution in [3.05, 3.63) is 52.8 Å². The lowest BCUT2D eigenvalue weighted by molar-refractivity contribution is 0.162. The number of hydrogen-bond acceptors (Lipinski definition) is 1. The third kappa shape index (κ3) is 3.05. The summed E-state index contributed by atoms with van der Waals surface area (Å²) in [5.74, 6) is 0. The van der Waals surface area contributed by atoms with Gasteiger partial charge in [0.15, 0.2) is 0 Å². The number of rotatable bonds is 3. The maximum atomic E-state index is 12.9. The van der Waals surface area contributed by atoms with Crippen molar-refractivity contribution in [2.45, 2.75) is 53.1 Å². The Hall–Kier alpha value is -2.23. The third-order valence-electron chi connectivity index (χ3n) is 5.10. The first-order valence-corrected chi connectivity index (χ1v) is 8.82. The highest BCUT2D eigenvalue weighted by molar-refractivity contribution is 5.89. The Morgan fingerprint density at radius 1 is 1.12 bits per heavy atom. The maximum Gasteiger partial charge on any atom is 0.322 e. The predicted octanol–water partition coefficient (Wildman–Crippen LogP) is 4.80. The van der Waals surface area contributed by atoms with Crippen LogP contribution in [0.5, 0.6) is 0 Å². The Kier molecular flexibility index (Phi) is 4.65. The number of aromatic nitrogens is 1. The number of urea groups is 1. The number of nitrogens with zero attached hydrogens (tertiary/aromatic N) is 2. The van der Waals surface area contributed by atoms with Gasteiger partial charge in [-0.05, 0) is 62.6 Å². The fourth-order valence-electron chi connectivity index (χ4n) is 3.54. The zero-order chi connectivity index (χ0) is 17.3. The molecule has 0 bridgehead atoms. The van der Waals surface area contributed by atoms with Gasteiger partial charge in [0.05, 0.1) is 6.04 Å². The number of anilines is 1. The standard InChI is InChI=1S/C20H27N3O/c1-5-6-18-19-10-8-16(4)22(19)11-12-23(18)20(24)21-17-9-7-14(2)15(3)13-17/h7-10,13,18H,5-6,11-12H2,1-4H3,(H,21,24). The molecule has 0 saturated carbocycles. The van der Waals surface area contributed by atoms with Crippen molar-refractivity contribution in [3.63, 3.8) is 0 Å². The van der Waals surface area contributed by atoms with Gasteiger partial charge >= 0.3 is 6.03 Å². The van der Waals surface area contributed by atoms with Crippen LogP contribution in [0.2, 0.25) is 0 Å². The predicted molar refractivity (Wildman–Crippen MR) is 98.5 cm³/mol. The van der Waals surface area contributed by atoms with Crippen LogP contribution >= 0.6 is 0 Å². The topological polar surface area (TPSA) is 37.3 Å². The number of hydrogen-bond donors (Lipinski definition) is 1. The monoisotopic (exact) mass is 325 g/mol. The molecular formula is C20H27N3O. The molecule has 1 unspecified atom stereocenters. The number of benzene rings is 1. The van der Waals surface area contributed by atoms with Gasteiger partial charge in [-0.25, -0.2) is 4.79 Å². The molecule has 4 nitrogen and oxygen atoms in total. The summed E-state index contributed by atoms with van der Waals surface area (Å²) >= 11 is 0. The van der Waals surface area contributed by atoms with Gasteiger partial charge in [-0.1, -0.05) is 19.4 Å². The average molecular weight is 325 g/mol. The molecule has 2 amide bonds. The Balaban J connectivity index is 1.81. The minimum absolute atomic E-state index is 0.00167. The molecule has 1 N–H and O–H groups in total. The van der Waals surface area contributed by atoms with E-state index in [1.165, 1.54) is 22.5 Å². The summed E-state index contributed by atoms with van der Waals surface area (Å²) < 4.78 is 2.35. The number of aryl methyl sites for hydroxylation is 3. The van der Waals surface area contributed by atoms with Crippen LogP contribution in [-0.4, -0.2) is 22.0 Å². The highest BCUT2D eigenvalue weighted by Gasteiger charge is 2.31. The molecule has 1 atom stereocenters. The van der Waals surface area contributed by atoms with Crippen molar-refractivity contribution in [2.75, 3.05) is 11.9 Å². The van der Waals surface area contributed by atoms with E-state index in [9.17, 15) is 4.79 Å². The van der Waals surface area contributed by atoms with Crippen molar-refractivity contribution in [1.29, 1.82) is 0 Å². The number of carbonyl (C=O) groups is 1. The molecule has 2 aromatic rings. The van der Waals surface area contributed by atoms with Crippen molar-refractivity contribution in [2.24, 2.45) is 0 Å². The SMILES string of the molecule is CCCC1c2ccc(C)n2CCN1C(=O)Nc1ccc(C)c(C)c1. The van der Waals surface area contributed by atoms with E-state index in [0.29, 0.717) is 0 Å². The summed E-state index contributed by atoms with van der Waals surface area (Å²) in [5.41, 5.74) is 5.84. The van der Waals surface area contributed by atoms with Gasteiger partial charge in [-0.2, -0.15) is 0 Å². The van der Waals surface area contributed by atoms with E-state index in [1.807, 2.05) is 17.0 Å². The van der Waals surface area contributed by atoms with E-state index >= 15 is 0 Å². The quantitative estimate of drug-likeness (QED) is 0.864. The van der Waals surface area contributed by atoms with Crippen molar-refractivity contribution < 1.29 is 4.79 Å². The molecule has 24 heavy (non-hydrogen) atoms. The fourth-order valence-corrected chi connectivity index (χ4v) is 3.54.